The molecular formula is C17H18ClNO2. The molecule has 4 heteroatoms. The minimum atomic E-state index is -0.198. The summed E-state index contributed by atoms with van der Waals surface area (Å²) >= 11 is 6.05. The van der Waals surface area contributed by atoms with E-state index < -0.39 is 0 Å². The first-order chi connectivity index (χ1) is 10.0. The summed E-state index contributed by atoms with van der Waals surface area (Å²) in [5.41, 5.74) is 2.53. The molecule has 110 valence electrons. The van der Waals surface area contributed by atoms with Gasteiger partial charge in [0.2, 0.25) is 0 Å². The monoisotopic (exact) mass is 303 g/mol. The van der Waals surface area contributed by atoms with Crippen LogP contribution < -0.4 is 10.1 Å². The summed E-state index contributed by atoms with van der Waals surface area (Å²) in [6.45, 7) is 3.93. The Kier molecular flexibility index (Phi) is 4.86. The molecule has 3 nitrogen and oxygen atoms in total. The number of benzene rings is 2. The second-order valence-electron chi connectivity index (χ2n) is 4.92. The van der Waals surface area contributed by atoms with Crippen molar-refractivity contribution in [3.05, 3.63) is 64.2 Å². The third-order valence-corrected chi connectivity index (χ3v) is 3.65. The number of hydrogen-bond acceptors (Lipinski definition) is 2. The third kappa shape index (κ3) is 3.56. The van der Waals surface area contributed by atoms with Gasteiger partial charge in [0, 0.05) is 5.56 Å². The van der Waals surface area contributed by atoms with Crippen molar-refractivity contribution in [1.82, 2.24) is 5.32 Å². The topological polar surface area (TPSA) is 38.3 Å². The number of halogens is 1. The SMILES string of the molecule is COc1ccc(C)cc1C(C)NC(=O)c1ccccc1Cl. The lowest BCUT2D eigenvalue weighted by atomic mass is 10.0. The molecule has 0 spiro atoms. The molecule has 1 N–H and O–H groups in total. The molecule has 0 bridgehead atoms. The molecule has 1 amide bonds. The maximum absolute atomic E-state index is 12.3. The lowest BCUT2D eigenvalue weighted by molar-refractivity contribution is 0.0939. The summed E-state index contributed by atoms with van der Waals surface area (Å²) < 4.78 is 5.36. The normalized spacial score (nSPS) is 11.8. The number of methoxy groups -OCH3 is 1. The van der Waals surface area contributed by atoms with E-state index in [4.69, 9.17) is 16.3 Å². The molecule has 1 atom stereocenters. The van der Waals surface area contributed by atoms with Crippen molar-refractivity contribution in [2.75, 3.05) is 7.11 Å². The van der Waals surface area contributed by atoms with Gasteiger partial charge in [0.25, 0.3) is 5.91 Å². The average molecular weight is 304 g/mol. The predicted octanol–water partition coefficient (Wildman–Crippen LogP) is 4.15. The van der Waals surface area contributed by atoms with Gasteiger partial charge in [-0.3, -0.25) is 4.79 Å². The van der Waals surface area contributed by atoms with Gasteiger partial charge >= 0.3 is 0 Å². The standard InChI is InChI=1S/C17H18ClNO2/c1-11-8-9-16(21-3)14(10-11)12(2)19-17(20)13-6-4-5-7-15(13)18/h4-10,12H,1-3H3,(H,19,20). The Morgan fingerprint density at radius 3 is 2.62 bits per heavy atom. The number of rotatable bonds is 4. The highest BCUT2D eigenvalue weighted by Crippen LogP contribution is 2.26. The average Bonchev–Trinajstić information content (AvgIpc) is 2.47. The van der Waals surface area contributed by atoms with Gasteiger partial charge < -0.3 is 10.1 Å². The molecule has 0 aliphatic heterocycles. The number of nitrogens with one attached hydrogen (secondary N) is 1. The molecule has 0 aliphatic carbocycles. The molecule has 0 heterocycles. The molecule has 2 rings (SSSR count). The quantitative estimate of drug-likeness (QED) is 0.921. The van der Waals surface area contributed by atoms with Crippen LogP contribution in [0.3, 0.4) is 0 Å². The molecule has 0 radical (unpaired) electrons. The molecule has 0 aliphatic rings. The van der Waals surface area contributed by atoms with E-state index >= 15 is 0 Å². The summed E-state index contributed by atoms with van der Waals surface area (Å²) in [5, 5.41) is 3.39. The first-order valence-electron chi connectivity index (χ1n) is 6.73. The van der Waals surface area contributed by atoms with Crippen molar-refractivity contribution < 1.29 is 9.53 Å². The molecule has 2 aromatic rings. The number of aryl methyl sites for hydroxylation is 1. The van der Waals surface area contributed by atoms with Gasteiger partial charge in [-0.15, -0.1) is 0 Å². The number of hydrogen-bond donors (Lipinski definition) is 1. The van der Waals surface area contributed by atoms with Crippen LogP contribution in [-0.4, -0.2) is 13.0 Å². The van der Waals surface area contributed by atoms with E-state index in [0.29, 0.717) is 10.6 Å². The van der Waals surface area contributed by atoms with Crippen LogP contribution in [-0.2, 0) is 0 Å². The van der Waals surface area contributed by atoms with Gasteiger partial charge in [0.05, 0.1) is 23.7 Å². The molecule has 21 heavy (non-hydrogen) atoms. The van der Waals surface area contributed by atoms with Gasteiger partial charge in [-0.1, -0.05) is 41.4 Å². The fourth-order valence-electron chi connectivity index (χ4n) is 2.19. The zero-order chi connectivity index (χ0) is 15.4. The van der Waals surface area contributed by atoms with Crippen molar-refractivity contribution in [3.8, 4) is 5.75 Å². The zero-order valence-corrected chi connectivity index (χ0v) is 13.1. The van der Waals surface area contributed by atoms with E-state index in [-0.39, 0.29) is 11.9 Å². The van der Waals surface area contributed by atoms with E-state index in [1.165, 1.54) is 0 Å². The van der Waals surface area contributed by atoms with E-state index in [2.05, 4.69) is 5.32 Å². The fourth-order valence-corrected chi connectivity index (χ4v) is 2.41. The van der Waals surface area contributed by atoms with Gasteiger partial charge in [0.1, 0.15) is 5.75 Å². The van der Waals surface area contributed by atoms with Gasteiger partial charge in [0.15, 0.2) is 0 Å². The molecule has 0 saturated carbocycles. The number of amides is 1. The molecule has 0 saturated heterocycles. The van der Waals surface area contributed by atoms with Crippen LogP contribution in [0.4, 0.5) is 0 Å². The Balaban J connectivity index is 2.22. The van der Waals surface area contributed by atoms with E-state index in [9.17, 15) is 4.79 Å². The van der Waals surface area contributed by atoms with Crippen LogP contribution in [0.1, 0.15) is 34.5 Å². The Morgan fingerprint density at radius 1 is 1.24 bits per heavy atom. The van der Waals surface area contributed by atoms with Crippen LogP contribution >= 0.6 is 11.6 Å². The highest BCUT2D eigenvalue weighted by atomic mass is 35.5. The van der Waals surface area contributed by atoms with Crippen LogP contribution in [0.15, 0.2) is 42.5 Å². The third-order valence-electron chi connectivity index (χ3n) is 3.32. The first kappa shape index (κ1) is 15.4. The molecule has 1 unspecified atom stereocenters. The summed E-state index contributed by atoms with van der Waals surface area (Å²) in [6, 6.07) is 12.7. The zero-order valence-electron chi connectivity index (χ0n) is 12.3. The first-order valence-corrected chi connectivity index (χ1v) is 7.10. The Hall–Kier alpha value is -2.00. The second-order valence-corrected chi connectivity index (χ2v) is 5.33. The van der Waals surface area contributed by atoms with Crippen molar-refractivity contribution in [2.45, 2.75) is 19.9 Å². The van der Waals surface area contributed by atoms with Crippen molar-refractivity contribution in [3.63, 3.8) is 0 Å². The van der Waals surface area contributed by atoms with Gasteiger partial charge in [-0.25, -0.2) is 0 Å². The van der Waals surface area contributed by atoms with E-state index in [1.54, 1.807) is 31.4 Å². The summed E-state index contributed by atoms with van der Waals surface area (Å²) in [5.74, 6) is 0.559. The van der Waals surface area contributed by atoms with Crippen molar-refractivity contribution >= 4 is 17.5 Å². The summed E-state index contributed by atoms with van der Waals surface area (Å²) in [4.78, 5) is 12.3. The van der Waals surface area contributed by atoms with E-state index in [0.717, 1.165) is 16.9 Å². The lowest BCUT2D eigenvalue weighted by Gasteiger charge is -2.18. The minimum Gasteiger partial charge on any atom is -0.496 e. The molecule has 2 aromatic carbocycles. The lowest BCUT2D eigenvalue weighted by Crippen LogP contribution is -2.27. The number of carbonyl (C=O) groups is 1. The van der Waals surface area contributed by atoms with Crippen LogP contribution in [0.5, 0.6) is 5.75 Å². The highest BCUT2D eigenvalue weighted by molar-refractivity contribution is 6.33. The Bertz CT molecular complexity index is 655. The van der Waals surface area contributed by atoms with Crippen LogP contribution in [0, 0.1) is 6.92 Å². The number of carbonyl (C=O) groups excluding carboxylic acids is 1. The predicted molar refractivity (Wildman–Crippen MR) is 85.1 cm³/mol. The molecule has 0 aromatic heterocycles. The number of ether oxygens (including phenoxy) is 1. The maximum atomic E-state index is 12.3. The van der Waals surface area contributed by atoms with Crippen LogP contribution in [0.25, 0.3) is 0 Å². The smallest absolute Gasteiger partial charge is 0.253 e. The Morgan fingerprint density at radius 2 is 1.95 bits per heavy atom. The summed E-state index contributed by atoms with van der Waals surface area (Å²) in [7, 11) is 1.62. The second kappa shape index (κ2) is 6.64. The fraction of sp³-hybridized carbons (Fsp3) is 0.235. The van der Waals surface area contributed by atoms with Crippen molar-refractivity contribution in [1.29, 1.82) is 0 Å². The van der Waals surface area contributed by atoms with Gasteiger partial charge in [-0.2, -0.15) is 0 Å². The Labute approximate surface area is 129 Å². The molecular weight excluding hydrogens is 286 g/mol. The maximum Gasteiger partial charge on any atom is 0.253 e. The summed E-state index contributed by atoms with van der Waals surface area (Å²) in [6.07, 6.45) is 0. The van der Waals surface area contributed by atoms with Gasteiger partial charge in [-0.05, 0) is 32.0 Å². The largest absolute Gasteiger partial charge is 0.496 e. The van der Waals surface area contributed by atoms with Crippen LogP contribution in [0.2, 0.25) is 5.02 Å². The van der Waals surface area contributed by atoms with Crippen molar-refractivity contribution in [2.24, 2.45) is 0 Å². The highest BCUT2D eigenvalue weighted by Gasteiger charge is 2.16. The van der Waals surface area contributed by atoms with E-state index in [1.807, 2.05) is 32.0 Å². The molecule has 0 fully saturated rings. The minimum absolute atomic E-state index is 0.177.